The number of hydrogen-bond donors (Lipinski definition) is 1. The van der Waals surface area contributed by atoms with Gasteiger partial charge < -0.3 is 5.73 Å². The lowest BCUT2D eigenvalue weighted by Gasteiger charge is -2.39. The van der Waals surface area contributed by atoms with Gasteiger partial charge in [-0.25, -0.2) is 4.39 Å². The molecule has 2 atom stereocenters. The molecule has 1 nitrogen and oxygen atoms in total. The second-order valence-corrected chi connectivity index (χ2v) is 6.38. The van der Waals surface area contributed by atoms with Gasteiger partial charge in [0.1, 0.15) is 5.82 Å². The maximum absolute atomic E-state index is 13.5. The summed E-state index contributed by atoms with van der Waals surface area (Å²) in [6, 6.07) is 4.54. The highest BCUT2D eigenvalue weighted by Crippen LogP contribution is 2.42. The van der Waals surface area contributed by atoms with Crippen LogP contribution in [-0.2, 0) is 6.42 Å². The van der Waals surface area contributed by atoms with Crippen LogP contribution in [0.2, 0.25) is 0 Å². The fraction of sp³-hybridized carbons (Fsp3) is 0.571. The lowest BCUT2D eigenvalue weighted by atomic mass is 9.73. The predicted molar refractivity (Wildman–Crippen MR) is 72.7 cm³/mol. The summed E-state index contributed by atoms with van der Waals surface area (Å²) in [6.45, 7) is 0. The van der Waals surface area contributed by atoms with E-state index in [0.29, 0.717) is 22.9 Å². The lowest BCUT2D eigenvalue weighted by molar-refractivity contribution is -0.187. The van der Waals surface area contributed by atoms with E-state index in [-0.39, 0.29) is 19.3 Å². The highest BCUT2D eigenvalue weighted by Gasteiger charge is 2.46. The maximum atomic E-state index is 13.5. The molecule has 0 aliphatic heterocycles. The van der Waals surface area contributed by atoms with Crippen molar-refractivity contribution in [2.24, 2.45) is 11.7 Å². The van der Waals surface area contributed by atoms with Crippen LogP contribution in [0.4, 0.5) is 17.6 Å². The molecule has 0 aromatic heterocycles. The van der Waals surface area contributed by atoms with Crippen LogP contribution in [0.25, 0.3) is 0 Å². The summed E-state index contributed by atoms with van der Waals surface area (Å²) in [5.74, 6) is -1.78. The molecule has 1 aliphatic carbocycles. The number of alkyl halides is 3. The van der Waals surface area contributed by atoms with Crippen LogP contribution in [0.1, 0.15) is 31.2 Å². The molecule has 6 heteroatoms. The summed E-state index contributed by atoms with van der Waals surface area (Å²) in [5.41, 5.74) is 5.85. The van der Waals surface area contributed by atoms with E-state index in [2.05, 4.69) is 15.9 Å². The highest BCUT2D eigenvalue weighted by atomic mass is 79.9. The number of halogens is 5. The number of benzene rings is 1. The lowest BCUT2D eigenvalue weighted by Crippen LogP contribution is -2.49. The van der Waals surface area contributed by atoms with Crippen LogP contribution >= 0.6 is 15.9 Å². The van der Waals surface area contributed by atoms with E-state index in [1.165, 1.54) is 6.07 Å². The SMILES string of the molecule is NC1(Cc2cccc(F)c2Br)CCCC(C(F)(F)F)C1. The van der Waals surface area contributed by atoms with E-state index in [1.54, 1.807) is 12.1 Å². The second-order valence-electron chi connectivity index (χ2n) is 5.59. The fourth-order valence-corrected chi connectivity index (χ4v) is 3.30. The monoisotopic (exact) mass is 353 g/mol. The van der Waals surface area contributed by atoms with Crippen molar-refractivity contribution in [3.63, 3.8) is 0 Å². The third kappa shape index (κ3) is 3.52. The van der Waals surface area contributed by atoms with Crippen LogP contribution < -0.4 is 5.73 Å². The normalized spacial score (nSPS) is 27.6. The van der Waals surface area contributed by atoms with Gasteiger partial charge in [-0.3, -0.25) is 0 Å². The maximum Gasteiger partial charge on any atom is 0.391 e. The Bertz CT molecular complexity index is 489. The molecule has 0 radical (unpaired) electrons. The summed E-state index contributed by atoms with van der Waals surface area (Å²) in [6.07, 6.45) is -2.94. The molecule has 1 saturated carbocycles. The number of rotatable bonds is 2. The van der Waals surface area contributed by atoms with Crippen molar-refractivity contribution < 1.29 is 17.6 Å². The molecule has 112 valence electrons. The van der Waals surface area contributed by atoms with Crippen molar-refractivity contribution >= 4 is 15.9 Å². The molecule has 0 spiro atoms. The molecule has 1 fully saturated rings. The largest absolute Gasteiger partial charge is 0.391 e. The average Bonchev–Trinajstić information content (AvgIpc) is 2.34. The van der Waals surface area contributed by atoms with E-state index in [4.69, 9.17) is 5.73 Å². The highest BCUT2D eigenvalue weighted by molar-refractivity contribution is 9.10. The van der Waals surface area contributed by atoms with Gasteiger partial charge in [-0.15, -0.1) is 0 Å². The van der Waals surface area contributed by atoms with E-state index in [9.17, 15) is 17.6 Å². The molecular weight excluding hydrogens is 338 g/mol. The molecule has 0 bridgehead atoms. The summed E-state index contributed by atoms with van der Waals surface area (Å²) in [7, 11) is 0. The molecule has 2 N–H and O–H groups in total. The molecule has 2 unspecified atom stereocenters. The molecule has 1 aliphatic rings. The summed E-state index contributed by atoms with van der Waals surface area (Å²) in [5, 5.41) is 0. The fourth-order valence-electron chi connectivity index (χ4n) is 2.90. The van der Waals surface area contributed by atoms with Gasteiger partial charge in [-0.2, -0.15) is 13.2 Å². The standard InChI is InChI=1S/C14H16BrF4N/c15-12-9(3-1-5-11(12)16)7-13(20)6-2-4-10(8-13)14(17,18)19/h1,3,5,10H,2,4,6-8,20H2. The Balaban J connectivity index is 2.17. The minimum atomic E-state index is -4.20. The Morgan fingerprint density at radius 3 is 2.70 bits per heavy atom. The zero-order valence-electron chi connectivity index (χ0n) is 10.8. The number of hydrogen-bond acceptors (Lipinski definition) is 1. The zero-order valence-corrected chi connectivity index (χ0v) is 12.4. The number of nitrogens with two attached hydrogens (primary N) is 1. The van der Waals surface area contributed by atoms with Crippen LogP contribution in [0.5, 0.6) is 0 Å². The Hall–Kier alpha value is -0.620. The quantitative estimate of drug-likeness (QED) is 0.773. The Morgan fingerprint density at radius 2 is 2.05 bits per heavy atom. The van der Waals surface area contributed by atoms with Gasteiger partial charge in [0.25, 0.3) is 0 Å². The van der Waals surface area contributed by atoms with Crippen molar-refractivity contribution in [3.05, 3.63) is 34.1 Å². The van der Waals surface area contributed by atoms with Crippen LogP contribution in [0.15, 0.2) is 22.7 Å². The predicted octanol–water partition coefficient (Wildman–Crippen LogP) is 4.58. The van der Waals surface area contributed by atoms with Gasteiger partial charge in [-0.05, 0) is 53.2 Å². The van der Waals surface area contributed by atoms with Gasteiger partial charge in [-0.1, -0.05) is 18.6 Å². The first-order chi connectivity index (χ1) is 9.21. The smallest absolute Gasteiger partial charge is 0.325 e. The van der Waals surface area contributed by atoms with E-state index in [0.717, 1.165) is 0 Å². The Morgan fingerprint density at radius 1 is 1.35 bits per heavy atom. The van der Waals surface area contributed by atoms with Crippen LogP contribution in [-0.4, -0.2) is 11.7 Å². The Kier molecular flexibility index (Phi) is 4.44. The van der Waals surface area contributed by atoms with Crippen molar-refractivity contribution in [2.45, 2.75) is 43.8 Å². The summed E-state index contributed by atoms with van der Waals surface area (Å²) >= 11 is 3.13. The summed E-state index contributed by atoms with van der Waals surface area (Å²) in [4.78, 5) is 0. The molecule has 1 aromatic carbocycles. The van der Waals surface area contributed by atoms with Crippen LogP contribution in [0, 0.1) is 11.7 Å². The molecule has 0 saturated heterocycles. The molecule has 2 rings (SSSR count). The summed E-state index contributed by atoms with van der Waals surface area (Å²) < 4.78 is 52.3. The van der Waals surface area contributed by atoms with E-state index < -0.39 is 23.5 Å². The van der Waals surface area contributed by atoms with Crippen molar-refractivity contribution in [3.8, 4) is 0 Å². The average molecular weight is 354 g/mol. The minimum Gasteiger partial charge on any atom is -0.325 e. The first kappa shape index (κ1) is 15.8. The molecule has 0 heterocycles. The molecule has 1 aromatic rings. The van der Waals surface area contributed by atoms with Crippen molar-refractivity contribution in [1.29, 1.82) is 0 Å². The third-order valence-corrected chi connectivity index (χ3v) is 4.81. The molecular formula is C14H16BrF4N. The van der Waals surface area contributed by atoms with Crippen LogP contribution in [0.3, 0.4) is 0 Å². The van der Waals surface area contributed by atoms with Gasteiger partial charge >= 0.3 is 6.18 Å². The van der Waals surface area contributed by atoms with Crippen molar-refractivity contribution in [1.82, 2.24) is 0 Å². The van der Waals surface area contributed by atoms with Gasteiger partial charge in [0, 0.05) is 5.54 Å². The van der Waals surface area contributed by atoms with Gasteiger partial charge in [0.2, 0.25) is 0 Å². The van der Waals surface area contributed by atoms with Gasteiger partial charge in [0.15, 0.2) is 0 Å². The Labute approximate surface area is 123 Å². The zero-order chi connectivity index (χ0) is 15.0. The first-order valence-electron chi connectivity index (χ1n) is 6.50. The second kappa shape index (κ2) is 5.64. The van der Waals surface area contributed by atoms with E-state index >= 15 is 0 Å². The third-order valence-electron chi connectivity index (χ3n) is 3.92. The van der Waals surface area contributed by atoms with Crippen molar-refractivity contribution in [2.75, 3.05) is 0 Å². The first-order valence-corrected chi connectivity index (χ1v) is 7.29. The molecule has 20 heavy (non-hydrogen) atoms. The van der Waals surface area contributed by atoms with E-state index in [1.807, 2.05) is 0 Å². The molecule has 0 amide bonds. The van der Waals surface area contributed by atoms with Gasteiger partial charge in [0.05, 0.1) is 10.4 Å². The topological polar surface area (TPSA) is 26.0 Å². The minimum absolute atomic E-state index is 0.0978.